The Morgan fingerprint density at radius 1 is 0.917 bits per heavy atom. The van der Waals surface area contributed by atoms with Gasteiger partial charge in [-0.05, 0) is 54.6 Å². The van der Waals surface area contributed by atoms with Crippen LogP contribution in [-0.4, -0.2) is 64.5 Å². The fourth-order valence-corrected chi connectivity index (χ4v) is 4.49. The van der Waals surface area contributed by atoms with Crippen LogP contribution >= 0.6 is 0 Å². The highest BCUT2D eigenvalue weighted by Crippen LogP contribution is 2.22. The summed E-state index contributed by atoms with van der Waals surface area (Å²) >= 11 is 0. The number of fused-ring (bicyclic) bond motifs is 1. The Bertz CT molecular complexity index is 1370. The van der Waals surface area contributed by atoms with E-state index >= 15 is 0 Å². The van der Waals surface area contributed by atoms with Crippen LogP contribution in [0.5, 0.6) is 5.75 Å². The topological polar surface area (TPSA) is 79.7 Å². The van der Waals surface area contributed by atoms with Crippen molar-refractivity contribution in [2.75, 3.05) is 38.6 Å². The zero-order valence-corrected chi connectivity index (χ0v) is 20.5. The molecule has 8 heteroatoms. The van der Waals surface area contributed by atoms with Crippen molar-refractivity contribution >= 4 is 28.5 Å². The van der Waals surface area contributed by atoms with Crippen LogP contribution in [0, 0.1) is 0 Å². The van der Waals surface area contributed by atoms with Gasteiger partial charge in [-0.1, -0.05) is 18.2 Å². The van der Waals surface area contributed by atoms with E-state index in [4.69, 9.17) is 9.72 Å². The van der Waals surface area contributed by atoms with Gasteiger partial charge < -0.3 is 19.5 Å². The number of amides is 2. The van der Waals surface area contributed by atoms with Gasteiger partial charge in [0.15, 0.2) is 0 Å². The largest absolute Gasteiger partial charge is 0.497 e. The molecule has 1 saturated heterocycles. The zero-order valence-electron chi connectivity index (χ0n) is 20.5. The number of benzene rings is 3. The Kier molecular flexibility index (Phi) is 6.69. The van der Waals surface area contributed by atoms with Crippen molar-refractivity contribution < 1.29 is 14.3 Å². The normalized spacial score (nSPS) is 14.1. The van der Waals surface area contributed by atoms with Crippen LogP contribution in [0.1, 0.15) is 26.5 Å². The van der Waals surface area contributed by atoms with Crippen LogP contribution in [0.2, 0.25) is 0 Å². The molecule has 0 bridgehead atoms. The zero-order chi connectivity index (χ0) is 25.1. The summed E-state index contributed by atoms with van der Waals surface area (Å²) in [6.45, 7) is 3.68. The Labute approximate surface area is 210 Å². The number of piperazine rings is 1. The van der Waals surface area contributed by atoms with Gasteiger partial charge in [-0.3, -0.25) is 14.5 Å². The molecule has 2 heterocycles. The number of rotatable bonds is 6. The van der Waals surface area contributed by atoms with E-state index in [1.807, 2.05) is 60.5 Å². The number of ether oxygens (including phenoxy) is 1. The second-order valence-corrected chi connectivity index (χ2v) is 8.91. The highest BCUT2D eigenvalue weighted by atomic mass is 16.5. The van der Waals surface area contributed by atoms with Crippen LogP contribution in [-0.2, 0) is 13.6 Å². The summed E-state index contributed by atoms with van der Waals surface area (Å²) in [4.78, 5) is 34.4. The molecule has 0 aliphatic carbocycles. The van der Waals surface area contributed by atoms with Crippen LogP contribution in [0.4, 0.5) is 5.69 Å². The number of hydrogen-bond donors (Lipinski definition) is 1. The lowest BCUT2D eigenvalue weighted by atomic mass is 10.2. The van der Waals surface area contributed by atoms with E-state index in [2.05, 4.69) is 14.8 Å². The average Bonchev–Trinajstić information content (AvgIpc) is 3.23. The first-order valence-electron chi connectivity index (χ1n) is 12.0. The maximum atomic E-state index is 12.7. The fraction of sp³-hybridized carbons (Fsp3) is 0.250. The van der Waals surface area contributed by atoms with E-state index in [9.17, 15) is 9.59 Å². The highest BCUT2D eigenvalue weighted by molar-refractivity contribution is 6.05. The monoisotopic (exact) mass is 483 g/mol. The molecule has 1 aromatic heterocycles. The maximum absolute atomic E-state index is 12.7. The molecule has 1 aliphatic rings. The lowest BCUT2D eigenvalue weighted by Crippen LogP contribution is -2.48. The smallest absolute Gasteiger partial charge is 0.255 e. The van der Waals surface area contributed by atoms with Crippen molar-refractivity contribution in [2.24, 2.45) is 7.05 Å². The van der Waals surface area contributed by atoms with Crippen molar-refractivity contribution in [2.45, 2.75) is 6.54 Å². The van der Waals surface area contributed by atoms with E-state index in [-0.39, 0.29) is 11.8 Å². The van der Waals surface area contributed by atoms with Crippen LogP contribution in [0.15, 0.2) is 72.8 Å². The first kappa shape index (κ1) is 23.6. The Morgan fingerprint density at radius 3 is 2.33 bits per heavy atom. The lowest BCUT2D eigenvalue weighted by Gasteiger charge is -2.34. The Hall–Kier alpha value is -4.17. The number of carbonyl (C=O) groups is 2. The average molecular weight is 484 g/mol. The summed E-state index contributed by atoms with van der Waals surface area (Å²) in [7, 11) is 3.60. The second-order valence-electron chi connectivity index (χ2n) is 8.91. The summed E-state index contributed by atoms with van der Waals surface area (Å²) in [6, 6.07) is 22.2. The number of carbonyl (C=O) groups excluding carboxylic acids is 2. The number of nitrogens with one attached hydrogen (secondary N) is 1. The van der Waals surface area contributed by atoms with Gasteiger partial charge in [0.1, 0.15) is 11.6 Å². The molecule has 1 N–H and O–H groups in total. The van der Waals surface area contributed by atoms with Crippen LogP contribution in [0.3, 0.4) is 0 Å². The third-order valence-electron chi connectivity index (χ3n) is 6.63. The fourth-order valence-electron chi connectivity index (χ4n) is 4.49. The third kappa shape index (κ3) is 4.94. The molecule has 184 valence electrons. The number of aryl methyl sites for hydroxylation is 1. The number of nitrogens with zero attached hydrogens (tertiary/aromatic N) is 4. The molecule has 1 aliphatic heterocycles. The number of imidazole rings is 1. The second kappa shape index (κ2) is 10.2. The van der Waals surface area contributed by atoms with E-state index in [0.717, 1.165) is 35.5 Å². The minimum absolute atomic E-state index is 0.0854. The van der Waals surface area contributed by atoms with Gasteiger partial charge in [-0.2, -0.15) is 0 Å². The van der Waals surface area contributed by atoms with Gasteiger partial charge in [0.2, 0.25) is 0 Å². The third-order valence-corrected chi connectivity index (χ3v) is 6.63. The molecule has 0 saturated carbocycles. The van der Waals surface area contributed by atoms with Crippen molar-refractivity contribution in [1.82, 2.24) is 19.4 Å². The molecule has 5 rings (SSSR count). The predicted octanol–water partition coefficient (Wildman–Crippen LogP) is 3.79. The quantitative estimate of drug-likeness (QED) is 0.451. The molecule has 1 fully saturated rings. The van der Waals surface area contributed by atoms with Gasteiger partial charge >= 0.3 is 0 Å². The molecular weight excluding hydrogens is 454 g/mol. The Morgan fingerprint density at radius 2 is 1.64 bits per heavy atom. The molecule has 36 heavy (non-hydrogen) atoms. The molecule has 0 spiro atoms. The summed E-state index contributed by atoms with van der Waals surface area (Å²) in [5, 5.41) is 2.95. The molecule has 4 aromatic rings. The molecule has 2 amide bonds. The molecule has 0 unspecified atom stereocenters. The van der Waals surface area contributed by atoms with Gasteiger partial charge in [0, 0.05) is 50.0 Å². The van der Waals surface area contributed by atoms with E-state index in [1.165, 1.54) is 0 Å². The highest BCUT2D eigenvalue weighted by Gasteiger charge is 2.23. The summed E-state index contributed by atoms with van der Waals surface area (Å²) < 4.78 is 7.24. The van der Waals surface area contributed by atoms with E-state index in [0.29, 0.717) is 36.6 Å². The number of methoxy groups -OCH3 is 1. The van der Waals surface area contributed by atoms with Gasteiger partial charge in [0.05, 0.1) is 24.7 Å². The SMILES string of the molecule is COc1ccc(C(=O)Nc2ccc3c(c2)nc(CN2CCN(C(=O)c4ccccc4)CC2)n3C)cc1. The van der Waals surface area contributed by atoms with Crippen molar-refractivity contribution in [3.05, 3.63) is 89.7 Å². The minimum Gasteiger partial charge on any atom is -0.497 e. The van der Waals surface area contributed by atoms with Crippen LogP contribution < -0.4 is 10.1 Å². The predicted molar refractivity (Wildman–Crippen MR) is 139 cm³/mol. The molecular formula is C28H29N5O3. The van der Waals surface area contributed by atoms with Crippen LogP contribution in [0.25, 0.3) is 11.0 Å². The van der Waals surface area contributed by atoms with Crippen molar-refractivity contribution in [1.29, 1.82) is 0 Å². The molecule has 0 radical (unpaired) electrons. The number of aromatic nitrogens is 2. The summed E-state index contributed by atoms with van der Waals surface area (Å²) in [6.07, 6.45) is 0. The lowest BCUT2D eigenvalue weighted by molar-refractivity contribution is 0.0624. The van der Waals surface area contributed by atoms with E-state index < -0.39 is 0 Å². The van der Waals surface area contributed by atoms with Crippen molar-refractivity contribution in [3.8, 4) is 5.75 Å². The maximum Gasteiger partial charge on any atom is 0.255 e. The van der Waals surface area contributed by atoms with Gasteiger partial charge in [-0.15, -0.1) is 0 Å². The molecule has 8 nitrogen and oxygen atoms in total. The minimum atomic E-state index is -0.184. The van der Waals surface area contributed by atoms with E-state index in [1.54, 1.807) is 31.4 Å². The standard InChI is InChI=1S/C28H29N5O3/c1-31-25-13-10-22(29-27(34)20-8-11-23(36-2)12-9-20)18-24(25)30-26(31)19-32-14-16-33(17-15-32)28(35)21-6-4-3-5-7-21/h3-13,18H,14-17,19H2,1-2H3,(H,29,34). The molecule has 3 aromatic carbocycles. The summed E-state index contributed by atoms with van der Waals surface area (Å²) in [5.74, 6) is 1.56. The first-order valence-corrected chi connectivity index (χ1v) is 12.0. The number of hydrogen-bond acceptors (Lipinski definition) is 5. The Balaban J connectivity index is 1.22. The van der Waals surface area contributed by atoms with Gasteiger partial charge in [-0.25, -0.2) is 4.98 Å². The van der Waals surface area contributed by atoms with Gasteiger partial charge in [0.25, 0.3) is 11.8 Å². The number of anilines is 1. The molecule has 0 atom stereocenters. The summed E-state index contributed by atoms with van der Waals surface area (Å²) in [5.41, 5.74) is 3.82. The first-order chi connectivity index (χ1) is 17.5. The van der Waals surface area contributed by atoms with Crippen molar-refractivity contribution in [3.63, 3.8) is 0 Å².